The predicted octanol–water partition coefficient (Wildman–Crippen LogP) is 0.693. The molecular weight excluding hydrogens is 114 g/mol. The molecule has 0 atom stereocenters. The van der Waals surface area contributed by atoms with Crippen LogP contribution in [0.2, 0.25) is 0 Å². The Morgan fingerprint density at radius 2 is 2.60 bits per heavy atom. The van der Waals surface area contributed by atoms with Crippen LogP contribution in [0.15, 0.2) is 11.6 Å². The van der Waals surface area contributed by atoms with Gasteiger partial charge in [-0.05, 0) is 0 Å². The van der Waals surface area contributed by atoms with Gasteiger partial charge in [-0.2, -0.15) is 0 Å². The molecule has 0 aliphatic rings. The van der Waals surface area contributed by atoms with Crippen molar-refractivity contribution < 1.29 is 15.0 Å². The van der Waals surface area contributed by atoms with E-state index in [9.17, 15) is 0 Å². The van der Waals surface area contributed by atoms with E-state index in [1.165, 1.54) is 4.97 Å². The van der Waals surface area contributed by atoms with E-state index in [-0.39, 0.29) is 0 Å². The third kappa shape index (κ3) is 3.75. The summed E-state index contributed by atoms with van der Waals surface area (Å²) >= 11 is 1.10. The van der Waals surface area contributed by atoms with Gasteiger partial charge in [0.05, 0.1) is 0 Å². The molecule has 0 aliphatic heterocycles. The summed E-state index contributed by atoms with van der Waals surface area (Å²) in [6, 6.07) is 0. The van der Waals surface area contributed by atoms with Crippen LogP contribution < -0.4 is 0 Å². The van der Waals surface area contributed by atoms with Crippen LogP contribution in [0.4, 0.5) is 0 Å². The summed E-state index contributed by atoms with van der Waals surface area (Å²) < 4.78 is 0. The number of nitriles is 1. The quantitative estimate of drug-likeness (QED) is 0.463. The number of hydrogen-bond donors (Lipinski definition) is 0. The number of hydrogen-bond acceptors (Lipinski definition) is 1. The van der Waals surface area contributed by atoms with Crippen molar-refractivity contribution in [2.45, 2.75) is 0 Å². The molecule has 1 nitrogen and oxygen atoms in total. The van der Waals surface area contributed by atoms with Gasteiger partial charge in [0.2, 0.25) is 0 Å². The molecule has 2 heteroatoms. The van der Waals surface area contributed by atoms with Gasteiger partial charge in [-0.1, -0.05) is 0 Å². The molecule has 0 aromatic carbocycles. The molecule has 0 radical (unpaired) electrons. The molecular formula is C3H3CuN. The van der Waals surface area contributed by atoms with Gasteiger partial charge in [-0.15, -0.1) is 0 Å². The molecule has 0 saturated carbocycles. The van der Waals surface area contributed by atoms with Crippen molar-refractivity contribution in [1.82, 2.24) is 0 Å². The summed E-state index contributed by atoms with van der Waals surface area (Å²) in [4.78, 5) is 3.28. The zero-order valence-electron chi connectivity index (χ0n) is 2.53. The molecule has 0 bridgehead atoms. The van der Waals surface area contributed by atoms with Gasteiger partial charge < -0.3 is 0 Å². The van der Waals surface area contributed by atoms with Crippen molar-refractivity contribution >= 4 is 0 Å². The molecule has 0 aliphatic carbocycles. The SMILES string of the molecule is C=[CH][Cu][C]#N. The first-order valence-corrected chi connectivity index (χ1v) is 1.97. The summed E-state index contributed by atoms with van der Waals surface area (Å²) in [6.07, 6.45) is 0. The molecule has 0 heterocycles. The van der Waals surface area contributed by atoms with Crippen LogP contribution in [-0.4, -0.2) is 0 Å². The zero-order chi connectivity index (χ0) is 4.12. The van der Waals surface area contributed by atoms with Crippen LogP contribution >= 0.6 is 0 Å². The van der Waals surface area contributed by atoms with Crippen molar-refractivity contribution in [3.8, 4) is 4.97 Å². The van der Waals surface area contributed by atoms with E-state index in [0.717, 1.165) is 15.0 Å². The van der Waals surface area contributed by atoms with Gasteiger partial charge in [0, 0.05) is 0 Å². The van der Waals surface area contributed by atoms with Crippen LogP contribution in [-0.2, 0) is 15.0 Å². The fourth-order valence-corrected chi connectivity index (χ4v) is 0.113. The molecule has 0 unspecified atom stereocenters. The molecule has 0 amide bonds. The van der Waals surface area contributed by atoms with Crippen molar-refractivity contribution in [1.29, 1.82) is 5.26 Å². The summed E-state index contributed by atoms with van der Waals surface area (Å²) in [5.74, 6) is 0. The van der Waals surface area contributed by atoms with Gasteiger partial charge in [-0.25, -0.2) is 0 Å². The van der Waals surface area contributed by atoms with Gasteiger partial charge in [0.15, 0.2) is 0 Å². The molecule has 0 spiro atoms. The molecule has 0 fully saturated rings. The first kappa shape index (κ1) is 4.75. The fourth-order valence-electron chi connectivity index (χ4n) is 0.0275. The van der Waals surface area contributed by atoms with E-state index in [0.29, 0.717) is 0 Å². The van der Waals surface area contributed by atoms with Crippen molar-refractivity contribution in [2.24, 2.45) is 0 Å². The minimum absolute atomic E-state index is 1.10. The first-order valence-electron chi connectivity index (χ1n) is 0.957. The Bertz CT molecular complexity index is 61.8. The van der Waals surface area contributed by atoms with Crippen LogP contribution in [0.1, 0.15) is 0 Å². The molecule has 31 valence electrons. The van der Waals surface area contributed by atoms with E-state index in [2.05, 4.69) is 6.58 Å². The van der Waals surface area contributed by atoms with Gasteiger partial charge in [0.25, 0.3) is 0 Å². The van der Waals surface area contributed by atoms with Crippen molar-refractivity contribution in [3.05, 3.63) is 11.6 Å². The molecule has 0 aromatic heterocycles. The average molecular weight is 117 g/mol. The maximum atomic E-state index is 7.70. The predicted molar refractivity (Wildman–Crippen MR) is 15.8 cm³/mol. The zero-order valence-corrected chi connectivity index (χ0v) is 3.47. The van der Waals surface area contributed by atoms with E-state index >= 15 is 0 Å². The Balaban J connectivity index is 2.75. The minimum atomic E-state index is 1.10. The van der Waals surface area contributed by atoms with Crippen molar-refractivity contribution in [3.63, 3.8) is 0 Å². The maximum absolute atomic E-state index is 7.70. The summed E-state index contributed by atoms with van der Waals surface area (Å²) in [5, 5.41) is 7.70. The van der Waals surface area contributed by atoms with Gasteiger partial charge in [0.1, 0.15) is 0 Å². The van der Waals surface area contributed by atoms with Crippen LogP contribution in [0.3, 0.4) is 0 Å². The molecule has 5 heavy (non-hydrogen) atoms. The number of rotatable bonds is 1. The van der Waals surface area contributed by atoms with Crippen LogP contribution in [0.25, 0.3) is 0 Å². The summed E-state index contributed by atoms with van der Waals surface area (Å²) in [6.45, 7) is 3.29. The second kappa shape index (κ2) is 3.75. The monoisotopic (exact) mass is 116 g/mol. The normalized spacial score (nSPS) is 6.20. The number of nitrogens with zero attached hydrogens (tertiary/aromatic N) is 1. The Labute approximate surface area is 37.5 Å². The van der Waals surface area contributed by atoms with Gasteiger partial charge >= 0.3 is 36.7 Å². The second-order valence-electron chi connectivity index (χ2n) is 0.278. The standard InChI is InChI=1S/C2H3.CN.Cu/c2*1-2;/h1H,2H2;;. The average Bonchev–Trinajstić information content (AvgIpc) is 1.41. The third-order valence-corrected chi connectivity index (χ3v) is 0.414. The second-order valence-corrected chi connectivity index (χ2v) is 1.14. The molecule has 0 N–H and O–H groups in total. The molecule has 0 rings (SSSR count). The van der Waals surface area contributed by atoms with E-state index < -0.39 is 0 Å². The van der Waals surface area contributed by atoms with E-state index in [4.69, 9.17) is 5.26 Å². The van der Waals surface area contributed by atoms with E-state index in [1.54, 1.807) is 4.97 Å². The van der Waals surface area contributed by atoms with Crippen molar-refractivity contribution in [2.75, 3.05) is 0 Å². The fraction of sp³-hybridized carbons (Fsp3) is 0. The Hall–Kier alpha value is -0.251. The summed E-state index contributed by atoms with van der Waals surface area (Å²) in [5.41, 5.74) is 0. The Morgan fingerprint density at radius 3 is 2.60 bits per heavy atom. The van der Waals surface area contributed by atoms with Gasteiger partial charge in [-0.3, -0.25) is 0 Å². The molecule has 0 aromatic rings. The third-order valence-electron chi connectivity index (χ3n) is 0.100. The van der Waals surface area contributed by atoms with E-state index in [1.807, 2.05) is 0 Å². The topological polar surface area (TPSA) is 23.8 Å². The van der Waals surface area contributed by atoms with Crippen LogP contribution in [0, 0.1) is 10.2 Å². The molecule has 0 saturated heterocycles. The summed E-state index contributed by atoms with van der Waals surface area (Å²) in [7, 11) is 0. The Kier molecular flexibility index (Phi) is 3.56. The Morgan fingerprint density at radius 1 is 2.00 bits per heavy atom. The van der Waals surface area contributed by atoms with Crippen LogP contribution in [0.5, 0.6) is 0 Å². The first-order chi connectivity index (χ1) is 2.41.